The van der Waals surface area contributed by atoms with Crippen molar-refractivity contribution in [2.24, 2.45) is 5.73 Å². The maximum atomic E-state index is 11.2. The zero-order valence-electron chi connectivity index (χ0n) is 7.46. The van der Waals surface area contributed by atoms with E-state index in [0.29, 0.717) is 19.4 Å². The molecule has 0 saturated carbocycles. The summed E-state index contributed by atoms with van der Waals surface area (Å²) in [4.78, 5) is 23.9. The van der Waals surface area contributed by atoms with Crippen LogP contribution in [0.1, 0.15) is 26.7 Å². The molecule has 4 heteroatoms. The van der Waals surface area contributed by atoms with Gasteiger partial charge in [0, 0.05) is 13.0 Å². The lowest BCUT2D eigenvalue weighted by atomic mass is 9.98. The number of hydrogen-bond acceptors (Lipinski definition) is 2. The molecule has 0 aromatic rings. The van der Waals surface area contributed by atoms with Crippen molar-refractivity contribution in [2.45, 2.75) is 32.2 Å². The second kappa shape index (κ2) is 2.77. The summed E-state index contributed by atoms with van der Waals surface area (Å²) in [6, 6.07) is 0. The van der Waals surface area contributed by atoms with E-state index in [2.05, 4.69) is 0 Å². The first-order chi connectivity index (χ1) is 5.52. The van der Waals surface area contributed by atoms with Crippen LogP contribution >= 0.6 is 0 Å². The second-order valence-electron chi connectivity index (χ2n) is 3.28. The quantitative estimate of drug-likeness (QED) is 0.627. The van der Waals surface area contributed by atoms with Crippen molar-refractivity contribution in [3.8, 4) is 0 Å². The number of carbonyl (C=O) groups excluding carboxylic acids is 2. The van der Waals surface area contributed by atoms with Gasteiger partial charge in [-0.3, -0.25) is 9.59 Å². The van der Waals surface area contributed by atoms with E-state index in [1.54, 1.807) is 11.8 Å². The van der Waals surface area contributed by atoms with Gasteiger partial charge < -0.3 is 10.6 Å². The van der Waals surface area contributed by atoms with Gasteiger partial charge in [-0.25, -0.2) is 0 Å². The number of nitrogens with two attached hydrogens (primary N) is 1. The number of primary amides is 1. The van der Waals surface area contributed by atoms with Gasteiger partial charge in [0.2, 0.25) is 11.8 Å². The summed E-state index contributed by atoms with van der Waals surface area (Å²) in [5.74, 6) is -0.381. The first-order valence-electron chi connectivity index (χ1n) is 4.12. The Balaban J connectivity index is 2.91. The fourth-order valence-corrected chi connectivity index (χ4v) is 1.68. The molecular weight excluding hydrogens is 156 g/mol. The van der Waals surface area contributed by atoms with Crippen LogP contribution in [0.4, 0.5) is 0 Å². The Labute approximate surface area is 71.7 Å². The van der Waals surface area contributed by atoms with Gasteiger partial charge in [-0.05, 0) is 20.3 Å². The lowest BCUT2D eigenvalue weighted by Gasteiger charge is -2.31. The van der Waals surface area contributed by atoms with Crippen LogP contribution in [0.3, 0.4) is 0 Å². The maximum absolute atomic E-state index is 11.2. The Morgan fingerprint density at radius 3 is 2.67 bits per heavy atom. The molecule has 1 fully saturated rings. The number of amides is 2. The first-order valence-corrected chi connectivity index (χ1v) is 4.12. The summed E-state index contributed by atoms with van der Waals surface area (Å²) in [6.07, 6.45) is 0.988. The van der Waals surface area contributed by atoms with E-state index in [1.165, 1.54) is 0 Å². The number of rotatable bonds is 2. The highest BCUT2D eigenvalue weighted by molar-refractivity contribution is 5.93. The van der Waals surface area contributed by atoms with Gasteiger partial charge in [-0.2, -0.15) is 0 Å². The molecule has 1 saturated heterocycles. The van der Waals surface area contributed by atoms with Crippen LogP contribution in [0.5, 0.6) is 0 Å². The number of likely N-dealkylation sites (tertiary alicyclic amines) is 1. The summed E-state index contributed by atoms with van der Waals surface area (Å²) < 4.78 is 0. The zero-order chi connectivity index (χ0) is 9.35. The van der Waals surface area contributed by atoms with Gasteiger partial charge in [-0.1, -0.05) is 0 Å². The fourth-order valence-electron chi connectivity index (χ4n) is 1.68. The molecule has 0 spiro atoms. The van der Waals surface area contributed by atoms with Gasteiger partial charge in [0.25, 0.3) is 0 Å². The fraction of sp³-hybridized carbons (Fsp3) is 0.750. The molecule has 1 aliphatic heterocycles. The predicted octanol–water partition coefficient (Wildman–Crippen LogP) is -0.127. The van der Waals surface area contributed by atoms with Crippen LogP contribution in [-0.4, -0.2) is 28.8 Å². The predicted molar refractivity (Wildman–Crippen MR) is 44.2 cm³/mol. The van der Waals surface area contributed by atoms with Crippen molar-refractivity contribution in [1.29, 1.82) is 0 Å². The maximum Gasteiger partial charge on any atom is 0.243 e. The van der Waals surface area contributed by atoms with Crippen molar-refractivity contribution in [3.63, 3.8) is 0 Å². The Hall–Kier alpha value is -1.06. The molecule has 0 aromatic heterocycles. The van der Waals surface area contributed by atoms with Crippen molar-refractivity contribution < 1.29 is 9.59 Å². The molecule has 1 heterocycles. The molecule has 1 rings (SSSR count). The van der Waals surface area contributed by atoms with Gasteiger partial charge >= 0.3 is 0 Å². The van der Waals surface area contributed by atoms with Gasteiger partial charge in [0.05, 0.1) is 0 Å². The van der Waals surface area contributed by atoms with E-state index in [1.807, 2.05) is 6.92 Å². The van der Waals surface area contributed by atoms with E-state index >= 15 is 0 Å². The van der Waals surface area contributed by atoms with Crippen molar-refractivity contribution in [3.05, 3.63) is 0 Å². The molecule has 1 atom stereocenters. The SMILES string of the molecule is CCN1C(=O)CC[C@@]1(C)C(N)=O. The third-order valence-corrected chi connectivity index (χ3v) is 2.57. The number of nitrogens with zero attached hydrogens (tertiary/aromatic N) is 1. The normalized spacial score (nSPS) is 29.5. The molecule has 0 radical (unpaired) electrons. The summed E-state index contributed by atoms with van der Waals surface area (Å²) in [5.41, 5.74) is 4.48. The summed E-state index contributed by atoms with van der Waals surface area (Å²) >= 11 is 0. The summed E-state index contributed by atoms with van der Waals surface area (Å²) in [5, 5.41) is 0. The minimum absolute atomic E-state index is 0.0267. The van der Waals surface area contributed by atoms with Crippen LogP contribution in [0.2, 0.25) is 0 Å². The smallest absolute Gasteiger partial charge is 0.243 e. The van der Waals surface area contributed by atoms with Crippen LogP contribution in [0, 0.1) is 0 Å². The molecule has 2 N–H and O–H groups in total. The molecule has 0 aliphatic carbocycles. The third-order valence-electron chi connectivity index (χ3n) is 2.57. The average molecular weight is 170 g/mol. The summed E-state index contributed by atoms with van der Waals surface area (Å²) in [6.45, 7) is 4.13. The van der Waals surface area contributed by atoms with E-state index < -0.39 is 11.4 Å². The molecular formula is C8H14N2O2. The van der Waals surface area contributed by atoms with Gasteiger partial charge in [0.1, 0.15) is 5.54 Å². The number of likely N-dealkylation sites (N-methyl/N-ethyl adjacent to an activating group) is 1. The Morgan fingerprint density at radius 1 is 1.75 bits per heavy atom. The highest BCUT2D eigenvalue weighted by Crippen LogP contribution is 2.28. The molecule has 0 bridgehead atoms. The third kappa shape index (κ3) is 1.07. The minimum Gasteiger partial charge on any atom is -0.368 e. The topological polar surface area (TPSA) is 63.4 Å². The van der Waals surface area contributed by atoms with Crippen LogP contribution in [0.25, 0.3) is 0 Å². The first kappa shape index (κ1) is 9.03. The molecule has 2 amide bonds. The molecule has 0 unspecified atom stereocenters. The number of carbonyl (C=O) groups is 2. The largest absolute Gasteiger partial charge is 0.368 e. The highest BCUT2D eigenvalue weighted by Gasteiger charge is 2.44. The molecule has 68 valence electrons. The average Bonchev–Trinajstić information content (AvgIpc) is 2.29. The lowest BCUT2D eigenvalue weighted by molar-refractivity contribution is -0.138. The van der Waals surface area contributed by atoms with E-state index in [4.69, 9.17) is 5.73 Å². The Kier molecular flexibility index (Phi) is 2.08. The van der Waals surface area contributed by atoms with Gasteiger partial charge in [-0.15, -0.1) is 0 Å². The van der Waals surface area contributed by atoms with Crippen molar-refractivity contribution >= 4 is 11.8 Å². The van der Waals surface area contributed by atoms with Crippen LogP contribution < -0.4 is 5.73 Å². The highest BCUT2D eigenvalue weighted by atomic mass is 16.2. The van der Waals surface area contributed by atoms with E-state index in [-0.39, 0.29) is 5.91 Å². The second-order valence-corrected chi connectivity index (χ2v) is 3.28. The van der Waals surface area contributed by atoms with Gasteiger partial charge in [0.15, 0.2) is 0 Å². The molecule has 1 aliphatic rings. The van der Waals surface area contributed by atoms with Crippen LogP contribution in [-0.2, 0) is 9.59 Å². The Morgan fingerprint density at radius 2 is 2.33 bits per heavy atom. The Bertz CT molecular complexity index is 225. The lowest BCUT2D eigenvalue weighted by Crippen LogP contribution is -2.52. The monoisotopic (exact) mass is 170 g/mol. The number of hydrogen-bond donors (Lipinski definition) is 1. The molecule has 4 nitrogen and oxygen atoms in total. The van der Waals surface area contributed by atoms with E-state index in [9.17, 15) is 9.59 Å². The zero-order valence-corrected chi connectivity index (χ0v) is 7.46. The van der Waals surface area contributed by atoms with Crippen molar-refractivity contribution in [2.75, 3.05) is 6.54 Å². The van der Waals surface area contributed by atoms with E-state index in [0.717, 1.165) is 0 Å². The summed E-state index contributed by atoms with van der Waals surface area (Å²) in [7, 11) is 0. The minimum atomic E-state index is -0.744. The van der Waals surface area contributed by atoms with Crippen molar-refractivity contribution in [1.82, 2.24) is 4.90 Å². The standard InChI is InChI=1S/C8H14N2O2/c1-3-10-6(11)4-5-8(10,2)7(9)12/h3-5H2,1-2H3,(H2,9,12)/t8-/m0/s1. The molecule has 0 aromatic carbocycles. The van der Waals surface area contributed by atoms with Crippen LogP contribution in [0.15, 0.2) is 0 Å². The molecule has 12 heavy (non-hydrogen) atoms.